The Hall–Kier alpha value is -1.15. The van der Waals surface area contributed by atoms with E-state index in [9.17, 15) is 4.79 Å². The highest BCUT2D eigenvalue weighted by Crippen LogP contribution is 2.17. The molecule has 1 aromatic carbocycles. The number of hydrogen-bond donors (Lipinski definition) is 1. The molecule has 2 heteroatoms. The van der Waals surface area contributed by atoms with Crippen LogP contribution in [0.2, 0.25) is 0 Å². The summed E-state index contributed by atoms with van der Waals surface area (Å²) in [5.41, 5.74) is 8.41. The number of carbonyl (C=O) groups is 1. The van der Waals surface area contributed by atoms with Crippen LogP contribution in [0.4, 0.5) is 0 Å². The highest BCUT2D eigenvalue weighted by molar-refractivity contribution is 5.98. The van der Waals surface area contributed by atoms with Crippen LogP contribution in [-0.4, -0.2) is 11.3 Å². The molecule has 0 bridgehead atoms. The summed E-state index contributed by atoms with van der Waals surface area (Å²) in [6, 6.07) is 5.80. The Bertz CT molecular complexity index is 375. The third kappa shape index (κ3) is 3.17. The zero-order valence-corrected chi connectivity index (χ0v) is 9.92. The highest BCUT2D eigenvalue weighted by Gasteiger charge is 2.19. The van der Waals surface area contributed by atoms with Crippen molar-refractivity contribution in [3.05, 3.63) is 34.9 Å². The topological polar surface area (TPSA) is 43.1 Å². The van der Waals surface area contributed by atoms with E-state index in [1.54, 1.807) is 0 Å². The van der Waals surface area contributed by atoms with Gasteiger partial charge in [0.2, 0.25) is 0 Å². The monoisotopic (exact) mass is 205 g/mol. The van der Waals surface area contributed by atoms with Crippen molar-refractivity contribution in [1.82, 2.24) is 0 Å². The first-order chi connectivity index (χ1) is 6.81. The lowest BCUT2D eigenvalue weighted by molar-refractivity contribution is 0.0959. The molecule has 0 aliphatic carbocycles. The molecule has 0 aliphatic rings. The van der Waals surface area contributed by atoms with E-state index in [1.165, 1.54) is 0 Å². The summed E-state index contributed by atoms with van der Waals surface area (Å²) in [5.74, 6) is 0.128. The molecule has 0 amide bonds. The van der Waals surface area contributed by atoms with Gasteiger partial charge >= 0.3 is 0 Å². The molecular weight excluding hydrogens is 186 g/mol. The van der Waals surface area contributed by atoms with E-state index >= 15 is 0 Å². The summed E-state index contributed by atoms with van der Waals surface area (Å²) in [7, 11) is 0. The van der Waals surface area contributed by atoms with Gasteiger partial charge in [0, 0.05) is 17.5 Å². The van der Waals surface area contributed by atoms with Gasteiger partial charge in [-0.3, -0.25) is 4.79 Å². The number of Topliss-reactive ketones (excluding diaryl/α,β-unsaturated/α-hetero) is 1. The number of rotatable bonds is 3. The zero-order valence-electron chi connectivity index (χ0n) is 9.92. The number of hydrogen-bond acceptors (Lipinski definition) is 2. The Kier molecular flexibility index (Phi) is 3.30. The first kappa shape index (κ1) is 11.9. The predicted molar refractivity (Wildman–Crippen MR) is 63.1 cm³/mol. The van der Waals surface area contributed by atoms with Gasteiger partial charge in [0.05, 0.1) is 0 Å². The molecule has 0 fully saturated rings. The minimum Gasteiger partial charge on any atom is -0.325 e. The first-order valence-corrected chi connectivity index (χ1v) is 5.19. The standard InChI is InChI=1S/C13H19NO/c1-9-6-5-7-11(10(9)2)12(15)8-13(3,4)14/h5-7H,8,14H2,1-4H3. The fourth-order valence-corrected chi connectivity index (χ4v) is 1.56. The van der Waals surface area contributed by atoms with Gasteiger partial charge in [-0.25, -0.2) is 0 Å². The van der Waals surface area contributed by atoms with E-state index in [2.05, 4.69) is 0 Å². The predicted octanol–water partition coefficient (Wildman–Crippen LogP) is 2.61. The fraction of sp³-hybridized carbons (Fsp3) is 0.462. The number of aryl methyl sites for hydroxylation is 1. The molecular formula is C13H19NO. The Labute approximate surface area is 91.5 Å². The number of nitrogens with two attached hydrogens (primary N) is 1. The number of benzene rings is 1. The van der Waals surface area contributed by atoms with Crippen LogP contribution in [0.1, 0.15) is 41.8 Å². The second-order valence-electron chi connectivity index (χ2n) is 4.84. The van der Waals surface area contributed by atoms with Crippen LogP contribution in [0.5, 0.6) is 0 Å². The third-order valence-electron chi connectivity index (χ3n) is 2.52. The van der Waals surface area contributed by atoms with Gasteiger partial charge in [0.1, 0.15) is 0 Å². The minimum absolute atomic E-state index is 0.128. The molecule has 0 saturated carbocycles. The lowest BCUT2D eigenvalue weighted by atomic mass is 9.92. The summed E-state index contributed by atoms with van der Waals surface area (Å²) in [4.78, 5) is 12.0. The average Bonchev–Trinajstić information content (AvgIpc) is 2.06. The Morgan fingerprint density at radius 1 is 1.33 bits per heavy atom. The van der Waals surface area contributed by atoms with E-state index in [0.29, 0.717) is 6.42 Å². The van der Waals surface area contributed by atoms with Crippen LogP contribution < -0.4 is 5.73 Å². The third-order valence-corrected chi connectivity index (χ3v) is 2.52. The molecule has 15 heavy (non-hydrogen) atoms. The van der Waals surface area contributed by atoms with Gasteiger partial charge < -0.3 is 5.73 Å². The van der Waals surface area contributed by atoms with Crippen molar-refractivity contribution in [2.75, 3.05) is 0 Å². The maximum Gasteiger partial charge on any atom is 0.164 e. The minimum atomic E-state index is -0.437. The van der Waals surface area contributed by atoms with E-state index < -0.39 is 5.54 Å². The number of ketones is 1. The van der Waals surface area contributed by atoms with Crippen LogP contribution in [0.25, 0.3) is 0 Å². The average molecular weight is 205 g/mol. The van der Waals surface area contributed by atoms with Gasteiger partial charge in [0.15, 0.2) is 5.78 Å². The SMILES string of the molecule is Cc1cccc(C(=O)CC(C)(C)N)c1C. The largest absolute Gasteiger partial charge is 0.325 e. The molecule has 2 N–H and O–H groups in total. The summed E-state index contributed by atoms with van der Waals surface area (Å²) < 4.78 is 0. The summed E-state index contributed by atoms with van der Waals surface area (Å²) in [6.07, 6.45) is 0.386. The Morgan fingerprint density at radius 2 is 1.93 bits per heavy atom. The summed E-state index contributed by atoms with van der Waals surface area (Å²) in [5, 5.41) is 0. The second-order valence-corrected chi connectivity index (χ2v) is 4.84. The quantitative estimate of drug-likeness (QED) is 0.771. The van der Waals surface area contributed by atoms with Crippen LogP contribution in [0, 0.1) is 13.8 Å². The van der Waals surface area contributed by atoms with Crippen LogP contribution in [0.15, 0.2) is 18.2 Å². The lowest BCUT2D eigenvalue weighted by Gasteiger charge is -2.18. The van der Waals surface area contributed by atoms with Crippen LogP contribution in [0.3, 0.4) is 0 Å². The molecule has 2 nitrogen and oxygen atoms in total. The van der Waals surface area contributed by atoms with Crippen molar-refractivity contribution in [2.45, 2.75) is 39.7 Å². The normalized spacial score (nSPS) is 11.5. The van der Waals surface area contributed by atoms with Crippen LogP contribution in [-0.2, 0) is 0 Å². The van der Waals surface area contributed by atoms with Crippen molar-refractivity contribution in [1.29, 1.82) is 0 Å². The highest BCUT2D eigenvalue weighted by atomic mass is 16.1. The Morgan fingerprint density at radius 3 is 2.47 bits per heavy atom. The molecule has 0 heterocycles. The van der Waals surface area contributed by atoms with Crippen molar-refractivity contribution in [3.8, 4) is 0 Å². The van der Waals surface area contributed by atoms with Crippen molar-refractivity contribution in [3.63, 3.8) is 0 Å². The maximum absolute atomic E-state index is 12.0. The molecule has 0 spiro atoms. The van der Waals surface area contributed by atoms with Gasteiger partial charge in [-0.05, 0) is 38.8 Å². The second kappa shape index (κ2) is 4.15. The number of carbonyl (C=O) groups excluding carboxylic acids is 1. The molecule has 82 valence electrons. The molecule has 1 rings (SSSR count). The van der Waals surface area contributed by atoms with E-state index in [1.807, 2.05) is 45.9 Å². The first-order valence-electron chi connectivity index (χ1n) is 5.19. The molecule has 0 aromatic heterocycles. The molecule has 1 aromatic rings. The molecule has 0 saturated heterocycles. The summed E-state index contributed by atoms with van der Waals surface area (Å²) >= 11 is 0. The smallest absolute Gasteiger partial charge is 0.164 e. The molecule has 0 atom stereocenters. The van der Waals surface area contributed by atoms with E-state index in [-0.39, 0.29) is 5.78 Å². The molecule has 0 aliphatic heterocycles. The van der Waals surface area contributed by atoms with Gasteiger partial charge in [-0.1, -0.05) is 18.2 Å². The lowest BCUT2D eigenvalue weighted by Crippen LogP contribution is -2.34. The van der Waals surface area contributed by atoms with Crippen molar-refractivity contribution >= 4 is 5.78 Å². The van der Waals surface area contributed by atoms with E-state index in [4.69, 9.17) is 5.73 Å². The maximum atomic E-state index is 12.0. The van der Waals surface area contributed by atoms with E-state index in [0.717, 1.165) is 16.7 Å². The van der Waals surface area contributed by atoms with Crippen molar-refractivity contribution in [2.24, 2.45) is 5.73 Å². The van der Waals surface area contributed by atoms with Crippen LogP contribution >= 0.6 is 0 Å². The molecule has 0 unspecified atom stereocenters. The van der Waals surface area contributed by atoms with Gasteiger partial charge in [0.25, 0.3) is 0 Å². The summed E-state index contributed by atoms with van der Waals surface area (Å²) in [6.45, 7) is 7.73. The van der Waals surface area contributed by atoms with Gasteiger partial charge in [-0.15, -0.1) is 0 Å². The molecule has 0 radical (unpaired) electrons. The van der Waals surface area contributed by atoms with Gasteiger partial charge in [-0.2, -0.15) is 0 Å². The van der Waals surface area contributed by atoms with Crippen molar-refractivity contribution < 1.29 is 4.79 Å². The fourth-order valence-electron chi connectivity index (χ4n) is 1.56. The Balaban J connectivity index is 2.97. The zero-order chi connectivity index (χ0) is 11.6.